The number of benzene rings is 2. The number of hydrogen-bond donors (Lipinski definition) is 0. The lowest BCUT2D eigenvalue weighted by atomic mass is 10.2. The molecule has 5 rings (SSSR count). The Kier molecular flexibility index (Phi) is 4.51. The maximum Gasteiger partial charge on any atom is 0.324 e. The molecule has 2 aliphatic rings. The first kappa shape index (κ1) is 17.3. The van der Waals surface area contributed by atoms with Crippen molar-refractivity contribution in [3.05, 3.63) is 60.9 Å². The first-order valence-electron chi connectivity index (χ1n) is 10.3. The van der Waals surface area contributed by atoms with Crippen molar-refractivity contribution in [2.24, 2.45) is 5.92 Å². The second-order valence-electron chi connectivity index (χ2n) is 8.05. The van der Waals surface area contributed by atoms with Gasteiger partial charge in [0, 0.05) is 25.3 Å². The molecule has 1 saturated heterocycles. The highest BCUT2D eigenvalue weighted by atomic mass is 16.2. The van der Waals surface area contributed by atoms with Crippen LogP contribution in [0.4, 0.5) is 10.5 Å². The Balaban J connectivity index is 1.38. The van der Waals surface area contributed by atoms with E-state index in [0.717, 1.165) is 49.2 Å². The predicted octanol–water partition coefficient (Wildman–Crippen LogP) is 4.54. The molecule has 144 valence electrons. The number of hydrogen-bond acceptors (Lipinski definition) is 2. The molecule has 0 radical (unpaired) electrons. The summed E-state index contributed by atoms with van der Waals surface area (Å²) in [7, 11) is 0. The number of likely N-dealkylation sites (tertiary alicyclic amines) is 1. The normalized spacial score (nSPS) is 19.3. The lowest BCUT2D eigenvalue weighted by Gasteiger charge is -2.32. The van der Waals surface area contributed by atoms with Crippen molar-refractivity contribution < 1.29 is 4.79 Å². The summed E-state index contributed by atoms with van der Waals surface area (Å²) in [5.41, 5.74) is 3.16. The van der Waals surface area contributed by atoms with Crippen LogP contribution in [-0.2, 0) is 6.54 Å². The van der Waals surface area contributed by atoms with Crippen LogP contribution in [0.1, 0.15) is 25.7 Å². The number of nitrogens with zero attached hydrogens (tertiary/aromatic N) is 4. The van der Waals surface area contributed by atoms with Gasteiger partial charge in [0.2, 0.25) is 0 Å². The fourth-order valence-corrected chi connectivity index (χ4v) is 4.28. The Morgan fingerprint density at radius 1 is 1.04 bits per heavy atom. The molecule has 1 aliphatic heterocycles. The van der Waals surface area contributed by atoms with Crippen molar-refractivity contribution in [1.82, 2.24) is 14.5 Å². The Morgan fingerprint density at radius 2 is 1.82 bits per heavy atom. The van der Waals surface area contributed by atoms with E-state index >= 15 is 0 Å². The number of rotatable bonds is 5. The molecule has 2 amide bonds. The highest BCUT2D eigenvalue weighted by Gasteiger charge is 2.35. The highest BCUT2D eigenvalue weighted by Crippen LogP contribution is 2.33. The van der Waals surface area contributed by atoms with Crippen molar-refractivity contribution in [3.63, 3.8) is 0 Å². The number of amides is 2. The molecule has 28 heavy (non-hydrogen) atoms. The number of imidazole rings is 1. The number of carbonyl (C=O) groups excluding carboxylic acids is 1. The molecule has 0 N–H and O–H groups in total. The zero-order valence-corrected chi connectivity index (χ0v) is 16.1. The molecule has 1 saturated carbocycles. The van der Waals surface area contributed by atoms with Crippen molar-refractivity contribution in [1.29, 1.82) is 0 Å². The molecule has 2 fully saturated rings. The molecule has 5 nitrogen and oxygen atoms in total. The van der Waals surface area contributed by atoms with E-state index in [-0.39, 0.29) is 12.1 Å². The van der Waals surface area contributed by atoms with Gasteiger partial charge in [0.15, 0.2) is 0 Å². The molecular weight excluding hydrogens is 348 g/mol. The smallest absolute Gasteiger partial charge is 0.324 e. The van der Waals surface area contributed by atoms with Crippen LogP contribution in [-0.4, -0.2) is 39.6 Å². The summed E-state index contributed by atoms with van der Waals surface area (Å²) in [5, 5.41) is 0. The third-order valence-electron chi connectivity index (χ3n) is 5.99. The minimum absolute atomic E-state index is 0.157. The van der Waals surface area contributed by atoms with Crippen molar-refractivity contribution in [2.45, 2.75) is 38.3 Å². The highest BCUT2D eigenvalue weighted by molar-refractivity contribution is 5.92. The van der Waals surface area contributed by atoms with Gasteiger partial charge in [0.05, 0.1) is 23.4 Å². The quantitative estimate of drug-likeness (QED) is 0.658. The Morgan fingerprint density at radius 3 is 2.64 bits per heavy atom. The minimum Gasteiger partial charge on any atom is -0.329 e. The lowest BCUT2D eigenvalue weighted by molar-refractivity contribution is 0.194. The minimum atomic E-state index is 0.157. The van der Waals surface area contributed by atoms with Crippen LogP contribution in [0.2, 0.25) is 0 Å². The Labute approximate surface area is 165 Å². The Bertz CT molecular complexity index is 963. The average molecular weight is 374 g/mol. The van der Waals surface area contributed by atoms with Gasteiger partial charge < -0.3 is 9.47 Å². The summed E-state index contributed by atoms with van der Waals surface area (Å²) in [4.78, 5) is 22.1. The van der Waals surface area contributed by atoms with E-state index in [0.29, 0.717) is 5.92 Å². The number of aromatic nitrogens is 2. The zero-order chi connectivity index (χ0) is 18.9. The molecule has 1 atom stereocenters. The van der Waals surface area contributed by atoms with Crippen molar-refractivity contribution in [3.8, 4) is 0 Å². The van der Waals surface area contributed by atoms with Crippen LogP contribution < -0.4 is 4.90 Å². The summed E-state index contributed by atoms with van der Waals surface area (Å²) in [6.45, 7) is 2.47. The van der Waals surface area contributed by atoms with Crippen LogP contribution >= 0.6 is 0 Å². The fourth-order valence-electron chi connectivity index (χ4n) is 4.28. The zero-order valence-electron chi connectivity index (χ0n) is 16.1. The van der Waals surface area contributed by atoms with E-state index < -0.39 is 0 Å². The third kappa shape index (κ3) is 3.37. The molecule has 1 aliphatic carbocycles. The number of urea groups is 1. The summed E-state index contributed by atoms with van der Waals surface area (Å²) in [6.07, 6.45) is 6.49. The molecule has 3 aromatic rings. The molecule has 2 heterocycles. The van der Waals surface area contributed by atoms with Crippen LogP contribution in [0.25, 0.3) is 11.0 Å². The van der Waals surface area contributed by atoms with Gasteiger partial charge >= 0.3 is 6.03 Å². The largest absolute Gasteiger partial charge is 0.329 e. The van der Waals surface area contributed by atoms with E-state index in [2.05, 4.69) is 32.7 Å². The van der Waals surface area contributed by atoms with Crippen LogP contribution in [0.15, 0.2) is 60.9 Å². The van der Waals surface area contributed by atoms with E-state index in [1.165, 1.54) is 12.8 Å². The summed E-state index contributed by atoms with van der Waals surface area (Å²) >= 11 is 0. The molecule has 5 heteroatoms. The van der Waals surface area contributed by atoms with Gasteiger partial charge in [-0.05, 0) is 55.9 Å². The number of para-hydroxylation sites is 3. The number of anilines is 1. The van der Waals surface area contributed by atoms with Gasteiger partial charge in [-0.15, -0.1) is 0 Å². The second kappa shape index (κ2) is 7.30. The first-order chi connectivity index (χ1) is 13.8. The van der Waals surface area contributed by atoms with E-state index in [1.807, 2.05) is 47.6 Å². The standard InChI is InChI=1S/C23H26N4O/c28-23(27(15-18-12-13-18)19-7-2-1-3-8-19)26-14-6-9-20(26)16-25-17-24-21-10-4-5-11-22(21)25/h1-5,7-8,10-11,17-18,20H,6,9,12-16H2. The van der Waals surface area contributed by atoms with Crippen LogP contribution in [0, 0.1) is 5.92 Å². The molecule has 1 unspecified atom stereocenters. The van der Waals surface area contributed by atoms with Crippen LogP contribution in [0.5, 0.6) is 0 Å². The number of carbonyl (C=O) groups is 1. The molecule has 1 aromatic heterocycles. The second-order valence-corrected chi connectivity index (χ2v) is 8.05. The van der Waals surface area contributed by atoms with Crippen LogP contribution in [0.3, 0.4) is 0 Å². The summed E-state index contributed by atoms with van der Waals surface area (Å²) in [5.74, 6) is 0.655. The number of fused-ring (bicyclic) bond motifs is 1. The molecule has 0 spiro atoms. The van der Waals surface area contributed by atoms with Gasteiger partial charge in [-0.3, -0.25) is 4.90 Å². The first-order valence-corrected chi connectivity index (χ1v) is 10.3. The molecule has 2 aromatic carbocycles. The summed E-state index contributed by atoms with van der Waals surface area (Å²) < 4.78 is 2.19. The maximum absolute atomic E-state index is 13.5. The lowest BCUT2D eigenvalue weighted by Crippen LogP contribution is -2.47. The van der Waals surface area contributed by atoms with E-state index in [4.69, 9.17) is 0 Å². The maximum atomic E-state index is 13.5. The monoisotopic (exact) mass is 374 g/mol. The van der Waals surface area contributed by atoms with Gasteiger partial charge in [-0.2, -0.15) is 0 Å². The van der Waals surface area contributed by atoms with Gasteiger partial charge in [0.25, 0.3) is 0 Å². The topological polar surface area (TPSA) is 41.4 Å². The average Bonchev–Trinajstić information content (AvgIpc) is 3.29. The van der Waals surface area contributed by atoms with Crippen molar-refractivity contribution in [2.75, 3.05) is 18.0 Å². The summed E-state index contributed by atoms with van der Waals surface area (Å²) in [6, 6.07) is 18.7. The molecule has 0 bridgehead atoms. The van der Waals surface area contributed by atoms with Gasteiger partial charge in [0.1, 0.15) is 0 Å². The van der Waals surface area contributed by atoms with E-state index in [1.54, 1.807) is 0 Å². The predicted molar refractivity (Wildman–Crippen MR) is 111 cm³/mol. The SMILES string of the molecule is O=C(N(CC1CC1)c1ccccc1)N1CCCC1Cn1cnc2ccccc21. The van der Waals surface area contributed by atoms with Gasteiger partial charge in [-0.1, -0.05) is 30.3 Å². The fraction of sp³-hybridized carbons (Fsp3) is 0.391. The Hall–Kier alpha value is -2.82. The van der Waals surface area contributed by atoms with Gasteiger partial charge in [-0.25, -0.2) is 9.78 Å². The van der Waals surface area contributed by atoms with Crippen molar-refractivity contribution >= 4 is 22.8 Å². The molecular formula is C23H26N4O. The van der Waals surface area contributed by atoms with E-state index in [9.17, 15) is 4.79 Å². The third-order valence-corrected chi connectivity index (χ3v) is 5.99.